The number of nitrogens with zero attached hydrogens (tertiary/aromatic N) is 1. The summed E-state index contributed by atoms with van der Waals surface area (Å²) in [5.41, 5.74) is 1.40. The predicted molar refractivity (Wildman–Crippen MR) is 99.5 cm³/mol. The molecule has 25 heavy (non-hydrogen) atoms. The van der Waals surface area contributed by atoms with E-state index >= 15 is 0 Å². The van der Waals surface area contributed by atoms with Crippen LogP contribution < -0.4 is 10.1 Å². The summed E-state index contributed by atoms with van der Waals surface area (Å²) in [5.74, 6) is 1.21. The van der Waals surface area contributed by atoms with Crippen LogP contribution in [0.4, 0.5) is 5.69 Å². The van der Waals surface area contributed by atoms with Crippen molar-refractivity contribution in [1.29, 1.82) is 0 Å². The molecule has 0 aliphatic carbocycles. The molecule has 1 heterocycles. The summed E-state index contributed by atoms with van der Waals surface area (Å²) in [6.45, 7) is 0. The van der Waals surface area contributed by atoms with E-state index in [2.05, 4.69) is 10.3 Å². The Morgan fingerprint density at radius 2 is 1.64 bits per heavy atom. The number of rotatable bonds is 5. The maximum Gasteiger partial charge on any atom is 0.228 e. The first-order valence-corrected chi connectivity index (χ1v) is 8.27. The number of carbonyl (C=O) groups excluding carboxylic acids is 1. The molecular formula is C19H14Cl2N2O2. The Morgan fingerprint density at radius 3 is 2.32 bits per heavy atom. The number of hydrogen-bond donors (Lipinski definition) is 1. The summed E-state index contributed by atoms with van der Waals surface area (Å²) in [7, 11) is 0. The average molecular weight is 373 g/mol. The van der Waals surface area contributed by atoms with Crippen LogP contribution in [-0.2, 0) is 11.2 Å². The fourth-order valence-corrected chi connectivity index (χ4v) is 2.67. The van der Waals surface area contributed by atoms with Crippen molar-refractivity contribution in [2.45, 2.75) is 6.42 Å². The first-order valence-electron chi connectivity index (χ1n) is 7.52. The summed E-state index contributed by atoms with van der Waals surface area (Å²) < 4.78 is 5.68. The lowest BCUT2D eigenvalue weighted by molar-refractivity contribution is -0.115. The molecule has 1 amide bonds. The number of ether oxygens (including phenoxy) is 1. The number of hydrogen-bond acceptors (Lipinski definition) is 3. The van der Waals surface area contributed by atoms with Crippen molar-refractivity contribution in [2.75, 3.05) is 5.32 Å². The highest BCUT2D eigenvalue weighted by Crippen LogP contribution is 2.24. The van der Waals surface area contributed by atoms with Gasteiger partial charge in [-0.1, -0.05) is 29.3 Å². The number of carbonyl (C=O) groups is 1. The molecule has 126 valence electrons. The van der Waals surface area contributed by atoms with Gasteiger partial charge in [0.25, 0.3) is 0 Å². The third-order valence-corrected chi connectivity index (χ3v) is 3.98. The highest BCUT2D eigenvalue weighted by Gasteiger charge is 2.08. The predicted octanol–water partition coefficient (Wildman–Crippen LogP) is 5.36. The molecule has 3 aromatic rings. The van der Waals surface area contributed by atoms with Crippen molar-refractivity contribution in [3.05, 3.63) is 82.6 Å². The van der Waals surface area contributed by atoms with E-state index < -0.39 is 0 Å². The van der Waals surface area contributed by atoms with E-state index in [0.29, 0.717) is 27.2 Å². The Labute approximate surface area is 155 Å². The van der Waals surface area contributed by atoms with Crippen LogP contribution in [0.3, 0.4) is 0 Å². The minimum Gasteiger partial charge on any atom is -0.457 e. The number of benzene rings is 2. The summed E-state index contributed by atoms with van der Waals surface area (Å²) in [4.78, 5) is 16.1. The fraction of sp³-hybridized carbons (Fsp3) is 0.0526. The van der Waals surface area contributed by atoms with Gasteiger partial charge < -0.3 is 10.1 Å². The van der Waals surface area contributed by atoms with Crippen molar-refractivity contribution in [3.8, 4) is 11.5 Å². The normalized spacial score (nSPS) is 10.3. The summed E-state index contributed by atoms with van der Waals surface area (Å²) in [5, 5.41) is 3.84. The molecule has 0 fully saturated rings. The highest BCUT2D eigenvalue weighted by atomic mass is 35.5. The molecule has 0 spiro atoms. The third-order valence-electron chi connectivity index (χ3n) is 3.39. The number of nitrogens with one attached hydrogen (secondary N) is 1. The molecule has 0 radical (unpaired) electrons. The zero-order chi connectivity index (χ0) is 17.6. The SMILES string of the molecule is O=C(Cc1ccc(Cl)cc1Cl)Nc1ccc(Oc2ccncc2)cc1. The number of anilines is 1. The molecule has 0 saturated carbocycles. The molecule has 0 bridgehead atoms. The van der Waals surface area contributed by atoms with Gasteiger partial charge in [0.2, 0.25) is 5.91 Å². The maximum absolute atomic E-state index is 12.2. The summed E-state index contributed by atoms with van der Waals surface area (Å²) >= 11 is 11.9. The van der Waals surface area contributed by atoms with E-state index in [-0.39, 0.29) is 12.3 Å². The van der Waals surface area contributed by atoms with Crippen LogP contribution in [0.5, 0.6) is 11.5 Å². The zero-order valence-electron chi connectivity index (χ0n) is 13.1. The highest BCUT2D eigenvalue weighted by molar-refractivity contribution is 6.35. The maximum atomic E-state index is 12.2. The van der Waals surface area contributed by atoms with Crippen molar-refractivity contribution in [1.82, 2.24) is 4.98 Å². The van der Waals surface area contributed by atoms with Crippen LogP contribution in [0.2, 0.25) is 10.0 Å². The van der Waals surface area contributed by atoms with E-state index in [0.717, 1.165) is 5.56 Å². The second kappa shape index (κ2) is 8.01. The van der Waals surface area contributed by atoms with Gasteiger partial charge >= 0.3 is 0 Å². The van der Waals surface area contributed by atoms with Crippen molar-refractivity contribution in [3.63, 3.8) is 0 Å². The summed E-state index contributed by atoms with van der Waals surface area (Å²) in [6.07, 6.45) is 3.49. The van der Waals surface area contributed by atoms with Gasteiger partial charge in [0, 0.05) is 28.1 Å². The standard InChI is InChI=1S/C19H14Cl2N2O2/c20-14-2-1-13(18(21)12-14)11-19(24)23-15-3-5-16(6-4-15)25-17-7-9-22-10-8-17/h1-10,12H,11H2,(H,23,24). The van der Waals surface area contributed by atoms with Crippen LogP contribution in [0.1, 0.15) is 5.56 Å². The quantitative estimate of drug-likeness (QED) is 0.655. The van der Waals surface area contributed by atoms with E-state index in [1.165, 1.54) is 0 Å². The molecule has 0 aliphatic rings. The van der Waals surface area contributed by atoms with Crippen LogP contribution in [0, 0.1) is 0 Å². The monoisotopic (exact) mass is 372 g/mol. The van der Waals surface area contributed by atoms with Crippen molar-refractivity contribution in [2.24, 2.45) is 0 Å². The summed E-state index contributed by atoms with van der Waals surface area (Å²) in [6, 6.07) is 15.7. The molecule has 0 unspecified atom stereocenters. The Bertz CT molecular complexity index is 868. The van der Waals surface area contributed by atoms with Crippen LogP contribution in [-0.4, -0.2) is 10.9 Å². The van der Waals surface area contributed by atoms with Gasteiger partial charge in [-0.25, -0.2) is 0 Å². The zero-order valence-corrected chi connectivity index (χ0v) is 14.6. The lowest BCUT2D eigenvalue weighted by Gasteiger charge is -2.09. The van der Waals surface area contributed by atoms with E-state index in [1.54, 1.807) is 67.0 Å². The molecule has 0 saturated heterocycles. The van der Waals surface area contributed by atoms with Crippen LogP contribution >= 0.6 is 23.2 Å². The molecule has 1 aromatic heterocycles. The largest absolute Gasteiger partial charge is 0.457 e. The molecule has 0 aliphatic heterocycles. The molecule has 0 atom stereocenters. The van der Waals surface area contributed by atoms with Gasteiger partial charge in [0.1, 0.15) is 11.5 Å². The van der Waals surface area contributed by atoms with E-state index in [4.69, 9.17) is 27.9 Å². The molecule has 3 rings (SSSR count). The lowest BCUT2D eigenvalue weighted by Crippen LogP contribution is -2.14. The fourth-order valence-electron chi connectivity index (χ4n) is 2.19. The van der Waals surface area contributed by atoms with Crippen molar-refractivity contribution < 1.29 is 9.53 Å². The number of amides is 1. The van der Waals surface area contributed by atoms with Gasteiger partial charge in [-0.05, 0) is 54.1 Å². The number of aromatic nitrogens is 1. The van der Waals surface area contributed by atoms with Gasteiger partial charge in [-0.15, -0.1) is 0 Å². The smallest absolute Gasteiger partial charge is 0.228 e. The second-order valence-electron chi connectivity index (χ2n) is 5.27. The second-order valence-corrected chi connectivity index (χ2v) is 6.11. The molecule has 6 heteroatoms. The lowest BCUT2D eigenvalue weighted by atomic mass is 10.1. The Balaban J connectivity index is 1.60. The van der Waals surface area contributed by atoms with Crippen LogP contribution in [0.25, 0.3) is 0 Å². The Kier molecular flexibility index (Phi) is 5.53. The first kappa shape index (κ1) is 17.3. The molecule has 2 aromatic carbocycles. The average Bonchev–Trinajstić information content (AvgIpc) is 2.60. The third kappa shape index (κ3) is 4.95. The minimum atomic E-state index is -0.160. The molecule has 4 nitrogen and oxygen atoms in total. The number of halogens is 2. The van der Waals surface area contributed by atoms with Crippen LogP contribution in [0.15, 0.2) is 67.0 Å². The van der Waals surface area contributed by atoms with Gasteiger partial charge in [0.05, 0.1) is 6.42 Å². The molecular weight excluding hydrogens is 359 g/mol. The molecule has 1 N–H and O–H groups in total. The van der Waals surface area contributed by atoms with Crippen molar-refractivity contribution >= 4 is 34.8 Å². The minimum absolute atomic E-state index is 0.160. The van der Waals surface area contributed by atoms with Gasteiger partial charge in [-0.2, -0.15) is 0 Å². The Morgan fingerprint density at radius 1 is 0.960 bits per heavy atom. The first-order chi connectivity index (χ1) is 12.1. The van der Waals surface area contributed by atoms with Gasteiger partial charge in [-0.3, -0.25) is 9.78 Å². The van der Waals surface area contributed by atoms with E-state index in [9.17, 15) is 4.79 Å². The van der Waals surface area contributed by atoms with Gasteiger partial charge in [0.15, 0.2) is 0 Å². The van der Waals surface area contributed by atoms with E-state index in [1.807, 2.05) is 0 Å². The Hall–Kier alpha value is -2.56. The topological polar surface area (TPSA) is 51.2 Å². The number of pyridine rings is 1.